The molecule has 1 aromatic heterocycles. The molecule has 4 N–H and O–H groups in total. The van der Waals surface area contributed by atoms with E-state index in [1.165, 1.54) is 32.6 Å². The van der Waals surface area contributed by atoms with Crippen molar-refractivity contribution >= 4 is 39.4 Å². The van der Waals surface area contributed by atoms with Gasteiger partial charge in [0.2, 0.25) is 0 Å². The van der Waals surface area contributed by atoms with Crippen LogP contribution in [0.3, 0.4) is 0 Å². The quantitative estimate of drug-likeness (QED) is 0.430. The Morgan fingerprint density at radius 2 is 2.00 bits per heavy atom. The molecule has 5 rings (SSSR count). The molecule has 1 aliphatic carbocycles. The van der Waals surface area contributed by atoms with Crippen molar-refractivity contribution in [3.8, 4) is 0 Å². The molecule has 0 radical (unpaired) electrons. The molecule has 0 spiro atoms. The van der Waals surface area contributed by atoms with Crippen LogP contribution in [0.2, 0.25) is 0 Å². The number of H-pyrrole nitrogens is 1. The van der Waals surface area contributed by atoms with Gasteiger partial charge in [-0.2, -0.15) is 0 Å². The number of aromatic nitrogens is 1. The molecule has 2 aliphatic rings. The van der Waals surface area contributed by atoms with Gasteiger partial charge >= 0.3 is 5.97 Å². The summed E-state index contributed by atoms with van der Waals surface area (Å²) >= 11 is 1.70. The van der Waals surface area contributed by atoms with E-state index < -0.39 is 0 Å². The minimum absolute atomic E-state index is 0.00143. The molecule has 172 valence electrons. The first-order valence-corrected chi connectivity index (χ1v) is 12.6. The van der Waals surface area contributed by atoms with E-state index in [4.69, 9.17) is 15.5 Å². The van der Waals surface area contributed by atoms with Gasteiger partial charge in [-0.05, 0) is 42.2 Å². The van der Waals surface area contributed by atoms with Crippen LogP contribution in [0.15, 0.2) is 53.5 Å². The molecule has 3 aromatic rings. The molecule has 1 unspecified atom stereocenters. The summed E-state index contributed by atoms with van der Waals surface area (Å²) in [6.45, 7) is 1.76. The first-order valence-electron chi connectivity index (χ1n) is 11.6. The van der Waals surface area contributed by atoms with E-state index in [-0.39, 0.29) is 18.1 Å². The molecule has 1 saturated carbocycles. The maximum absolute atomic E-state index is 11.1. The zero-order valence-corrected chi connectivity index (χ0v) is 19.7. The van der Waals surface area contributed by atoms with Gasteiger partial charge in [0.1, 0.15) is 11.7 Å². The maximum Gasteiger partial charge on any atom is 0.302 e. The molecule has 0 bridgehead atoms. The number of nitrogens with one attached hydrogen (secondary N) is 2. The minimum atomic E-state index is -0.265. The van der Waals surface area contributed by atoms with Gasteiger partial charge in [-0.15, -0.1) is 11.8 Å². The van der Waals surface area contributed by atoms with E-state index in [1.54, 1.807) is 11.8 Å². The number of esters is 1. The van der Waals surface area contributed by atoms with Gasteiger partial charge in [0.05, 0.1) is 29.0 Å². The predicted molar refractivity (Wildman–Crippen MR) is 136 cm³/mol. The first-order chi connectivity index (χ1) is 16.1. The lowest BCUT2D eigenvalue weighted by Gasteiger charge is -2.18. The molecular weight excluding hydrogens is 432 g/mol. The Morgan fingerprint density at radius 3 is 2.76 bits per heavy atom. The Labute approximate surface area is 198 Å². The van der Waals surface area contributed by atoms with Crippen LogP contribution < -0.4 is 11.1 Å². The van der Waals surface area contributed by atoms with Crippen molar-refractivity contribution in [1.82, 2.24) is 4.98 Å². The summed E-state index contributed by atoms with van der Waals surface area (Å²) in [5, 5.41) is 5.87. The Kier molecular flexibility index (Phi) is 6.42. The lowest BCUT2D eigenvalue weighted by Crippen LogP contribution is -2.16. The Bertz CT molecular complexity index is 1170. The number of hydrogen-bond donors (Lipinski definition) is 3. The van der Waals surface area contributed by atoms with Gasteiger partial charge in [0, 0.05) is 24.1 Å². The number of carbonyl (C=O) groups is 1. The van der Waals surface area contributed by atoms with Crippen molar-refractivity contribution in [1.29, 1.82) is 0 Å². The van der Waals surface area contributed by atoms with Crippen molar-refractivity contribution < 1.29 is 9.53 Å². The van der Waals surface area contributed by atoms with E-state index in [1.807, 2.05) is 18.2 Å². The third-order valence-electron chi connectivity index (χ3n) is 6.40. The average molecular weight is 463 g/mol. The number of rotatable bonds is 7. The van der Waals surface area contributed by atoms with Crippen LogP contribution >= 0.6 is 11.8 Å². The van der Waals surface area contributed by atoms with E-state index in [0.29, 0.717) is 12.6 Å². The molecular formula is C26H30N4O2S. The number of aliphatic imine (C=N–C) groups is 1. The van der Waals surface area contributed by atoms with Crippen LogP contribution in [0.25, 0.3) is 10.9 Å². The fourth-order valence-corrected chi connectivity index (χ4v) is 5.69. The largest absolute Gasteiger partial charge is 0.464 e. The number of thioether (sulfide) groups is 1. The summed E-state index contributed by atoms with van der Waals surface area (Å²) in [6, 6.07) is 17.1. The fourth-order valence-electron chi connectivity index (χ4n) is 4.68. The van der Waals surface area contributed by atoms with Crippen LogP contribution in [-0.4, -0.2) is 40.4 Å². The number of aromatic amines is 1. The van der Waals surface area contributed by atoms with Gasteiger partial charge in [0.25, 0.3) is 0 Å². The summed E-state index contributed by atoms with van der Waals surface area (Å²) in [5.74, 6) is 0.550. The Morgan fingerprint density at radius 1 is 1.21 bits per heavy atom. The molecule has 6 nitrogen and oxygen atoms in total. The van der Waals surface area contributed by atoms with E-state index in [2.05, 4.69) is 40.6 Å². The third kappa shape index (κ3) is 4.94. The second kappa shape index (κ2) is 9.61. The lowest BCUT2D eigenvalue weighted by molar-refractivity contribution is -0.141. The normalized spacial score (nSPS) is 19.6. The number of anilines is 1. The van der Waals surface area contributed by atoms with Crippen LogP contribution in [0.4, 0.5) is 5.69 Å². The standard InChI is InChI=1S/C26H30N4O2S/c1-16(31)32-14-21-15-33-26(29-21)23-13-19-11-18(24(27)17-7-3-2-4-8-17)12-22(25(19)30-23)28-20-9-5-6-10-20/h2-4,7-8,11-13,20-21,24,28,30H,5-6,9-10,14-15,27H2,1H3/t21-,24?/m1/s1. The van der Waals surface area contributed by atoms with Gasteiger partial charge < -0.3 is 20.8 Å². The SMILES string of the molecule is CC(=O)OC[C@@H]1CSC(c2cc3cc(C(N)c4ccccc4)cc(NC4CCCC4)c3[nH]2)=N1. The molecule has 1 fully saturated rings. The molecule has 7 heteroatoms. The van der Waals surface area contributed by atoms with Gasteiger partial charge in [0.15, 0.2) is 0 Å². The average Bonchev–Trinajstić information content (AvgIpc) is 3.58. The van der Waals surface area contributed by atoms with Crippen LogP contribution in [0.5, 0.6) is 0 Å². The van der Waals surface area contributed by atoms with Crippen molar-refractivity contribution in [3.63, 3.8) is 0 Å². The summed E-state index contributed by atoms with van der Waals surface area (Å²) < 4.78 is 5.15. The van der Waals surface area contributed by atoms with E-state index in [0.717, 1.165) is 44.2 Å². The highest BCUT2D eigenvalue weighted by Gasteiger charge is 2.23. The molecule has 0 amide bonds. The topological polar surface area (TPSA) is 92.5 Å². The van der Waals surface area contributed by atoms with Crippen LogP contribution in [-0.2, 0) is 9.53 Å². The zero-order valence-electron chi connectivity index (χ0n) is 18.8. The smallest absolute Gasteiger partial charge is 0.302 e. The summed E-state index contributed by atoms with van der Waals surface area (Å²) in [7, 11) is 0. The number of ether oxygens (including phenoxy) is 1. The lowest BCUT2D eigenvalue weighted by atomic mass is 9.97. The number of nitrogens with zero attached hydrogens (tertiary/aromatic N) is 1. The minimum Gasteiger partial charge on any atom is -0.464 e. The summed E-state index contributed by atoms with van der Waals surface area (Å²) in [4.78, 5) is 19.5. The Hall–Kier alpha value is -2.77. The van der Waals surface area contributed by atoms with E-state index >= 15 is 0 Å². The van der Waals surface area contributed by atoms with E-state index in [9.17, 15) is 4.79 Å². The highest BCUT2D eigenvalue weighted by Crippen LogP contribution is 2.34. The summed E-state index contributed by atoms with van der Waals surface area (Å²) in [6.07, 6.45) is 4.95. The van der Waals surface area contributed by atoms with Crippen molar-refractivity contribution in [2.75, 3.05) is 17.7 Å². The highest BCUT2D eigenvalue weighted by molar-refractivity contribution is 8.14. The van der Waals surface area contributed by atoms with Crippen LogP contribution in [0.1, 0.15) is 55.5 Å². The second-order valence-corrected chi connectivity index (χ2v) is 9.94. The number of hydrogen-bond acceptors (Lipinski definition) is 6. The first kappa shape index (κ1) is 22.0. The monoisotopic (exact) mass is 462 g/mol. The van der Waals surface area contributed by atoms with Gasteiger partial charge in [-0.1, -0.05) is 43.2 Å². The summed E-state index contributed by atoms with van der Waals surface area (Å²) in [5.41, 5.74) is 12.1. The Balaban J connectivity index is 1.49. The van der Waals surface area contributed by atoms with Crippen molar-refractivity contribution in [2.45, 2.75) is 50.7 Å². The number of carbonyl (C=O) groups excluding carboxylic acids is 1. The molecule has 2 heterocycles. The van der Waals surface area contributed by atoms with Gasteiger partial charge in [-0.25, -0.2) is 0 Å². The molecule has 33 heavy (non-hydrogen) atoms. The highest BCUT2D eigenvalue weighted by atomic mass is 32.2. The molecule has 2 atom stereocenters. The predicted octanol–water partition coefficient (Wildman–Crippen LogP) is 5.00. The van der Waals surface area contributed by atoms with Crippen molar-refractivity contribution in [3.05, 3.63) is 65.4 Å². The molecule has 2 aromatic carbocycles. The zero-order chi connectivity index (χ0) is 22.8. The number of nitrogens with two attached hydrogens (primary N) is 1. The molecule has 0 saturated heterocycles. The van der Waals surface area contributed by atoms with Gasteiger partial charge in [-0.3, -0.25) is 9.79 Å². The third-order valence-corrected chi connectivity index (χ3v) is 7.56. The van der Waals surface area contributed by atoms with Crippen molar-refractivity contribution in [2.24, 2.45) is 10.7 Å². The maximum atomic E-state index is 11.1. The number of fused-ring (bicyclic) bond motifs is 1. The number of benzene rings is 2. The molecule has 1 aliphatic heterocycles. The second-order valence-electron chi connectivity index (χ2n) is 8.93. The van der Waals surface area contributed by atoms with Crippen LogP contribution in [0, 0.1) is 0 Å². The fraction of sp³-hybridized carbons (Fsp3) is 0.385.